The molecule has 0 bridgehead atoms. The van der Waals surface area contributed by atoms with Crippen molar-refractivity contribution in [2.24, 2.45) is 0 Å². The summed E-state index contributed by atoms with van der Waals surface area (Å²) in [4.78, 5) is 20.7. The van der Waals surface area contributed by atoms with Crippen molar-refractivity contribution in [3.8, 4) is 17.0 Å². The lowest BCUT2D eigenvalue weighted by atomic mass is 9.92. The molecule has 1 aliphatic heterocycles. The number of hydrogen-bond donors (Lipinski definition) is 1. The van der Waals surface area contributed by atoms with E-state index in [2.05, 4.69) is 19.9 Å². The molecule has 0 spiro atoms. The van der Waals surface area contributed by atoms with E-state index in [0.717, 1.165) is 52.6 Å². The van der Waals surface area contributed by atoms with Crippen LogP contribution in [0.4, 0.5) is 5.95 Å². The van der Waals surface area contributed by atoms with Crippen molar-refractivity contribution >= 4 is 16.9 Å². The predicted molar refractivity (Wildman–Crippen MR) is 114 cm³/mol. The van der Waals surface area contributed by atoms with Gasteiger partial charge >= 0.3 is 0 Å². The van der Waals surface area contributed by atoms with Crippen LogP contribution < -0.4 is 9.64 Å². The summed E-state index contributed by atoms with van der Waals surface area (Å²) in [5.74, 6) is 1.67. The van der Waals surface area contributed by atoms with Crippen molar-refractivity contribution in [3.63, 3.8) is 0 Å². The van der Waals surface area contributed by atoms with E-state index >= 15 is 0 Å². The first-order chi connectivity index (χ1) is 14.7. The van der Waals surface area contributed by atoms with Crippen LogP contribution in [-0.2, 0) is 6.61 Å². The van der Waals surface area contributed by atoms with E-state index in [9.17, 15) is 5.11 Å². The van der Waals surface area contributed by atoms with Crippen molar-refractivity contribution < 1.29 is 9.84 Å². The van der Waals surface area contributed by atoms with Gasteiger partial charge in [-0.1, -0.05) is 30.3 Å². The zero-order valence-electron chi connectivity index (χ0n) is 16.6. The van der Waals surface area contributed by atoms with E-state index < -0.39 is 0 Å². The molecule has 3 heterocycles. The van der Waals surface area contributed by atoms with Gasteiger partial charge in [-0.25, -0.2) is 9.97 Å². The Kier molecular flexibility index (Phi) is 4.72. The molecule has 0 radical (unpaired) electrons. The SMILES string of the molecule is COc1cccc(-c2ncc(CO)nc2C2CN(c3ncc4ccccc4n3)C2)c1. The summed E-state index contributed by atoms with van der Waals surface area (Å²) in [6.07, 6.45) is 3.49. The number of aromatic nitrogens is 4. The molecule has 0 aliphatic carbocycles. The number of benzene rings is 2. The summed E-state index contributed by atoms with van der Waals surface area (Å²) in [5, 5.41) is 10.6. The zero-order valence-corrected chi connectivity index (χ0v) is 16.6. The maximum Gasteiger partial charge on any atom is 0.225 e. The number of fused-ring (bicyclic) bond motifs is 1. The molecule has 0 unspecified atom stereocenters. The molecule has 1 fully saturated rings. The molecule has 0 saturated carbocycles. The quantitative estimate of drug-likeness (QED) is 0.552. The van der Waals surface area contributed by atoms with Crippen molar-refractivity contribution in [2.75, 3.05) is 25.1 Å². The molecule has 7 nitrogen and oxygen atoms in total. The van der Waals surface area contributed by atoms with Crippen LogP contribution in [-0.4, -0.2) is 45.2 Å². The van der Waals surface area contributed by atoms with Crippen LogP contribution in [0, 0.1) is 0 Å². The average molecular weight is 399 g/mol. The second-order valence-corrected chi connectivity index (χ2v) is 7.32. The summed E-state index contributed by atoms with van der Waals surface area (Å²) in [6, 6.07) is 15.8. The number of hydrogen-bond acceptors (Lipinski definition) is 7. The molecule has 1 aliphatic rings. The first-order valence-corrected chi connectivity index (χ1v) is 9.83. The van der Waals surface area contributed by atoms with Crippen molar-refractivity contribution in [1.82, 2.24) is 19.9 Å². The fraction of sp³-hybridized carbons (Fsp3) is 0.217. The Balaban J connectivity index is 1.44. The first kappa shape index (κ1) is 18.4. The van der Waals surface area contributed by atoms with Gasteiger partial charge in [-0.3, -0.25) is 9.97 Å². The molecule has 0 amide bonds. The number of anilines is 1. The molecule has 0 atom stereocenters. The number of ether oxygens (including phenoxy) is 1. The smallest absolute Gasteiger partial charge is 0.225 e. The van der Waals surface area contributed by atoms with Gasteiger partial charge in [0, 0.05) is 36.2 Å². The minimum Gasteiger partial charge on any atom is -0.497 e. The summed E-state index contributed by atoms with van der Waals surface area (Å²) in [5.41, 5.74) is 4.14. The third kappa shape index (κ3) is 3.33. The molecule has 2 aromatic carbocycles. The molecular formula is C23H21N5O2. The zero-order chi connectivity index (χ0) is 20.5. The van der Waals surface area contributed by atoms with E-state index in [1.165, 1.54) is 0 Å². The maximum atomic E-state index is 9.56. The molecule has 30 heavy (non-hydrogen) atoms. The normalized spacial score (nSPS) is 14.0. The van der Waals surface area contributed by atoms with Crippen molar-refractivity contribution in [2.45, 2.75) is 12.5 Å². The van der Waals surface area contributed by atoms with E-state index in [-0.39, 0.29) is 12.5 Å². The molecule has 1 N–H and O–H groups in total. The monoisotopic (exact) mass is 399 g/mol. The Morgan fingerprint density at radius 1 is 1.03 bits per heavy atom. The predicted octanol–water partition coefficient (Wildman–Crippen LogP) is 3.19. The van der Waals surface area contributed by atoms with Gasteiger partial charge in [-0.15, -0.1) is 0 Å². The lowest BCUT2D eigenvalue weighted by Gasteiger charge is -2.39. The van der Waals surface area contributed by atoms with Crippen molar-refractivity contribution in [3.05, 3.63) is 72.3 Å². The number of aliphatic hydroxyl groups excluding tert-OH is 1. The Labute approximate surface area is 174 Å². The van der Waals surface area contributed by atoms with Crippen LogP contribution in [0.25, 0.3) is 22.2 Å². The Hall–Kier alpha value is -3.58. The first-order valence-electron chi connectivity index (χ1n) is 9.83. The number of nitrogens with zero attached hydrogens (tertiary/aromatic N) is 5. The van der Waals surface area contributed by atoms with Gasteiger partial charge in [-0.2, -0.15) is 0 Å². The van der Waals surface area contributed by atoms with Gasteiger partial charge in [-0.05, 0) is 18.2 Å². The number of rotatable bonds is 5. The van der Waals surface area contributed by atoms with Gasteiger partial charge in [0.25, 0.3) is 0 Å². The van der Waals surface area contributed by atoms with Crippen molar-refractivity contribution in [1.29, 1.82) is 0 Å². The van der Waals surface area contributed by atoms with E-state index in [1.807, 2.05) is 54.7 Å². The molecular weight excluding hydrogens is 378 g/mol. The molecule has 4 aromatic rings. The van der Waals surface area contributed by atoms with Crippen LogP contribution in [0.1, 0.15) is 17.3 Å². The lowest BCUT2D eigenvalue weighted by Crippen LogP contribution is -2.46. The van der Waals surface area contributed by atoms with Gasteiger partial charge in [0.2, 0.25) is 5.95 Å². The van der Waals surface area contributed by atoms with Gasteiger partial charge in [0.15, 0.2) is 0 Å². The van der Waals surface area contributed by atoms with Crippen LogP contribution in [0.2, 0.25) is 0 Å². The highest BCUT2D eigenvalue weighted by atomic mass is 16.5. The topological polar surface area (TPSA) is 84.3 Å². The minimum absolute atomic E-state index is 0.136. The summed E-state index contributed by atoms with van der Waals surface area (Å²) >= 11 is 0. The van der Waals surface area contributed by atoms with Crippen LogP contribution in [0.3, 0.4) is 0 Å². The summed E-state index contributed by atoms with van der Waals surface area (Å²) < 4.78 is 5.36. The number of methoxy groups -OCH3 is 1. The Bertz CT molecular complexity index is 1210. The van der Waals surface area contributed by atoms with Gasteiger partial charge in [0.05, 0.1) is 42.5 Å². The highest BCUT2D eigenvalue weighted by molar-refractivity contribution is 5.78. The number of para-hydroxylation sites is 1. The van der Waals surface area contributed by atoms with E-state index in [1.54, 1.807) is 13.3 Å². The minimum atomic E-state index is -0.136. The van der Waals surface area contributed by atoms with E-state index in [0.29, 0.717) is 5.69 Å². The highest BCUT2D eigenvalue weighted by Gasteiger charge is 2.33. The summed E-state index contributed by atoms with van der Waals surface area (Å²) in [7, 11) is 1.65. The van der Waals surface area contributed by atoms with E-state index in [4.69, 9.17) is 9.72 Å². The maximum absolute atomic E-state index is 9.56. The standard InChI is InChI=1S/C23H21N5O2/c1-30-19-7-4-6-15(9-19)21-22(26-18(14-29)11-24-21)17-12-28(13-17)23-25-10-16-5-2-3-8-20(16)27-23/h2-11,17,29H,12-14H2,1H3. The fourth-order valence-corrected chi connectivity index (χ4v) is 3.72. The average Bonchev–Trinajstić information content (AvgIpc) is 2.78. The third-order valence-electron chi connectivity index (χ3n) is 5.38. The molecule has 7 heteroatoms. The van der Waals surface area contributed by atoms with Crippen LogP contribution in [0.15, 0.2) is 60.9 Å². The van der Waals surface area contributed by atoms with Crippen LogP contribution in [0.5, 0.6) is 5.75 Å². The lowest BCUT2D eigenvalue weighted by molar-refractivity contribution is 0.275. The Morgan fingerprint density at radius 2 is 1.90 bits per heavy atom. The number of aliphatic hydroxyl groups is 1. The third-order valence-corrected chi connectivity index (χ3v) is 5.38. The second-order valence-electron chi connectivity index (χ2n) is 7.32. The van der Waals surface area contributed by atoms with Gasteiger partial charge in [0.1, 0.15) is 5.75 Å². The second kappa shape index (κ2) is 7.68. The fourth-order valence-electron chi connectivity index (χ4n) is 3.72. The summed E-state index contributed by atoms with van der Waals surface area (Å²) in [6.45, 7) is 1.36. The van der Waals surface area contributed by atoms with Gasteiger partial charge < -0.3 is 14.7 Å². The Morgan fingerprint density at radius 3 is 2.73 bits per heavy atom. The molecule has 150 valence electrons. The molecule has 2 aromatic heterocycles. The molecule has 5 rings (SSSR count). The van der Waals surface area contributed by atoms with Crippen LogP contribution >= 0.6 is 0 Å². The largest absolute Gasteiger partial charge is 0.497 e. The molecule has 1 saturated heterocycles. The highest BCUT2D eigenvalue weighted by Crippen LogP contribution is 2.35.